The zero-order chi connectivity index (χ0) is 18.9. The lowest BCUT2D eigenvalue weighted by molar-refractivity contribution is 0.0697. The third-order valence-electron chi connectivity index (χ3n) is 4.26. The molecular weight excluding hydrogens is 338 g/mol. The number of carboxylic acid groups (broad SMARTS) is 1. The van der Waals surface area contributed by atoms with Gasteiger partial charge < -0.3 is 15.2 Å². The Morgan fingerprint density at radius 3 is 2.22 bits per heavy atom. The summed E-state index contributed by atoms with van der Waals surface area (Å²) in [7, 11) is 0. The largest absolute Gasteiger partial charge is 0.487 e. The van der Waals surface area contributed by atoms with E-state index < -0.39 is 5.97 Å². The van der Waals surface area contributed by atoms with E-state index in [0.717, 1.165) is 24.9 Å². The zero-order valence-electron chi connectivity index (χ0n) is 15.1. The van der Waals surface area contributed by atoms with Gasteiger partial charge in [0.25, 0.3) is 0 Å². The molecular formula is C23H23NO3. The Morgan fingerprint density at radius 2 is 1.56 bits per heavy atom. The Labute approximate surface area is 159 Å². The molecule has 0 saturated heterocycles. The van der Waals surface area contributed by atoms with E-state index in [1.54, 1.807) is 18.2 Å². The van der Waals surface area contributed by atoms with Gasteiger partial charge in [0.2, 0.25) is 0 Å². The first-order chi connectivity index (χ1) is 13.2. The number of hydrogen-bond donors (Lipinski definition) is 2. The number of ether oxygens (including phenoxy) is 1. The van der Waals surface area contributed by atoms with E-state index in [9.17, 15) is 9.90 Å². The minimum absolute atomic E-state index is 0.243. The number of anilines is 1. The molecule has 0 bridgehead atoms. The predicted octanol–water partition coefficient (Wildman–Crippen LogP) is 5.01. The second-order valence-corrected chi connectivity index (χ2v) is 6.31. The lowest BCUT2D eigenvalue weighted by Gasteiger charge is -2.14. The second-order valence-electron chi connectivity index (χ2n) is 6.31. The highest BCUT2D eigenvalue weighted by Gasteiger charge is 2.10. The van der Waals surface area contributed by atoms with Crippen LogP contribution in [0.3, 0.4) is 0 Å². The number of carboxylic acids is 1. The van der Waals surface area contributed by atoms with Crippen molar-refractivity contribution in [3.8, 4) is 5.75 Å². The standard InChI is InChI=1S/C23H23NO3/c25-23(26)20-13-14-22(27-17-19-10-5-2-6-11-19)21(16-20)24-15-7-12-18-8-3-1-4-9-18/h1-6,8-11,13-14,16,24H,7,12,15,17H2,(H,25,26). The maximum Gasteiger partial charge on any atom is 0.335 e. The Morgan fingerprint density at radius 1 is 0.889 bits per heavy atom. The van der Waals surface area contributed by atoms with E-state index in [-0.39, 0.29) is 5.56 Å². The van der Waals surface area contributed by atoms with E-state index in [1.807, 2.05) is 48.5 Å². The topological polar surface area (TPSA) is 58.6 Å². The third-order valence-corrected chi connectivity index (χ3v) is 4.26. The van der Waals surface area contributed by atoms with Crippen LogP contribution in [-0.2, 0) is 13.0 Å². The minimum Gasteiger partial charge on any atom is -0.487 e. The van der Waals surface area contributed by atoms with Crippen LogP contribution in [0.15, 0.2) is 78.9 Å². The van der Waals surface area contributed by atoms with E-state index in [1.165, 1.54) is 5.56 Å². The summed E-state index contributed by atoms with van der Waals surface area (Å²) in [4.78, 5) is 11.3. The summed E-state index contributed by atoms with van der Waals surface area (Å²) < 4.78 is 5.92. The van der Waals surface area contributed by atoms with Crippen molar-refractivity contribution in [3.63, 3.8) is 0 Å². The zero-order valence-corrected chi connectivity index (χ0v) is 15.1. The summed E-state index contributed by atoms with van der Waals surface area (Å²) in [5.41, 5.74) is 3.31. The van der Waals surface area contributed by atoms with E-state index >= 15 is 0 Å². The number of hydrogen-bond acceptors (Lipinski definition) is 3. The van der Waals surface area contributed by atoms with Crippen molar-refractivity contribution in [3.05, 3.63) is 95.6 Å². The number of aromatic carboxylic acids is 1. The third kappa shape index (κ3) is 5.61. The molecule has 0 unspecified atom stereocenters. The van der Waals surface area contributed by atoms with Gasteiger partial charge in [-0.3, -0.25) is 0 Å². The summed E-state index contributed by atoms with van der Waals surface area (Å²) in [6.45, 7) is 1.17. The van der Waals surface area contributed by atoms with Crippen LogP contribution in [0.2, 0.25) is 0 Å². The predicted molar refractivity (Wildman–Crippen MR) is 107 cm³/mol. The highest BCUT2D eigenvalue weighted by Crippen LogP contribution is 2.27. The molecule has 27 heavy (non-hydrogen) atoms. The number of aryl methyl sites for hydroxylation is 1. The van der Waals surface area contributed by atoms with Gasteiger partial charge in [0, 0.05) is 6.54 Å². The summed E-state index contributed by atoms with van der Waals surface area (Å²) in [6.07, 6.45) is 1.91. The number of nitrogens with one attached hydrogen (secondary N) is 1. The fourth-order valence-corrected chi connectivity index (χ4v) is 2.82. The molecule has 0 aromatic heterocycles. The SMILES string of the molecule is O=C(O)c1ccc(OCc2ccccc2)c(NCCCc2ccccc2)c1. The Kier molecular flexibility index (Phi) is 6.47. The van der Waals surface area contributed by atoms with Crippen molar-refractivity contribution in [2.24, 2.45) is 0 Å². The molecule has 138 valence electrons. The quantitative estimate of drug-likeness (QED) is 0.526. The minimum atomic E-state index is -0.947. The van der Waals surface area contributed by atoms with Crippen molar-refractivity contribution in [2.45, 2.75) is 19.4 Å². The Bertz CT molecular complexity index is 863. The van der Waals surface area contributed by atoms with Gasteiger partial charge in [0.1, 0.15) is 12.4 Å². The van der Waals surface area contributed by atoms with Crippen molar-refractivity contribution in [1.29, 1.82) is 0 Å². The molecule has 0 spiro atoms. The summed E-state index contributed by atoms with van der Waals surface area (Å²) in [5, 5.41) is 12.6. The summed E-state index contributed by atoms with van der Waals surface area (Å²) >= 11 is 0. The first kappa shape index (κ1) is 18.5. The fraction of sp³-hybridized carbons (Fsp3) is 0.174. The van der Waals surface area contributed by atoms with Crippen LogP contribution in [0.5, 0.6) is 5.75 Å². The second kappa shape index (κ2) is 9.43. The maximum absolute atomic E-state index is 11.3. The molecule has 0 fully saturated rings. The van der Waals surface area contributed by atoms with Gasteiger partial charge in [0.05, 0.1) is 11.3 Å². The monoisotopic (exact) mass is 361 g/mol. The van der Waals surface area contributed by atoms with Gasteiger partial charge in [-0.25, -0.2) is 4.79 Å². The van der Waals surface area contributed by atoms with E-state index in [4.69, 9.17) is 4.74 Å². The molecule has 0 atom stereocenters. The average Bonchev–Trinajstić information content (AvgIpc) is 2.71. The molecule has 0 aliphatic carbocycles. The van der Waals surface area contributed by atoms with Crippen LogP contribution in [-0.4, -0.2) is 17.6 Å². The fourth-order valence-electron chi connectivity index (χ4n) is 2.82. The lowest BCUT2D eigenvalue weighted by Crippen LogP contribution is -2.07. The number of rotatable bonds is 9. The molecule has 0 radical (unpaired) electrons. The molecule has 4 heteroatoms. The van der Waals surface area contributed by atoms with Crippen molar-refractivity contribution >= 4 is 11.7 Å². The lowest BCUT2D eigenvalue weighted by atomic mass is 10.1. The van der Waals surface area contributed by atoms with Gasteiger partial charge in [-0.05, 0) is 42.2 Å². The molecule has 3 aromatic carbocycles. The highest BCUT2D eigenvalue weighted by atomic mass is 16.5. The van der Waals surface area contributed by atoms with Crippen molar-refractivity contribution in [2.75, 3.05) is 11.9 Å². The normalized spacial score (nSPS) is 10.4. The van der Waals surface area contributed by atoms with Crippen LogP contribution >= 0.6 is 0 Å². The molecule has 0 saturated carbocycles. The summed E-state index contributed by atoms with van der Waals surface area (Å²) in [5.74, 6) is -0.291. The molecule has 4 nitrogen and oxygen atoms in total. The van der Waals surface area contributed by atoms with Gasteiger partial charge in [-0.15, -0.1) is 0 Å². The molecule has 3 aromatic rings. The molecule has 0 aliphatic heterocycles. The van der Waals surface area contributed by atoms with Gasteiger partial charge in [0.15, 0.2) is 0 Å². The van der Waals surface area contributed by atoms with Crippen LogP contribution < -0.4 is 10.1 Å². The molecule has 2 N–H and O–H groups in total. The molecule has 0 heterocycles. The first-order valence-corrected chi connectivity index (χ1v) is 9.04. The van der Waals surface area contributed by atoms with Gasteiger partial charge in [-0.1, -0.05) is 60.7 Å². The van der Waals surface area contributed by atoms with Crippen molar-refractivity contribution in [1.82, 2.24) is 0 Å². The molecule has 0 amide bonds. The van der Waals surface area contributed by atoms with E-state index in [2.05, 4.69) is 17.4 Å². The first-order valence-electron chi connectivity index (χ1n) is 9.04. The summed E-state index contributed by atoms with van der Waals surface area (Å²) in [6, 6.07) is 25.1. The molecule has 0 aliphatic rings. The van der Waals surface area contributed by atoms with Crippen LogP contribution in [0.4, 0.5) is 5.69 Å². The van der Waals surface area contributed by atoms with Crippen molar-refractivity contribution < 1.29 is 14.6 Å². The Hall–Kier alpha value is -3.27. The van der Waals surface area contributed by atoms with Crippen LogP contribution in [0.1, 0.15) is 27.9 Å². The molecule has 3 rings (SSSR count). The van der Waals surface area contributed by atoms with E-state index in [0.29, 0.717) is 18.0 Å². The number of carbonyl (C=O) groups is 1. The van der Waals surface area contributed by atoms with Crippen LogP contribution in [0, 0.1) is 0 Å². The van der Waals surface area contributed by atoms with Crippen LogP contribution in [0.25, 0.3) is 0 Å². The maximum atomic E-state index is 11.3. The average molecular weight is 361 g/mol. The van der Waals surface area contributed by atoms with Gasteiger partial charge >= 0.3 is 5.97 Å². The highest BCUT2D eigenvalue weighted by molar-refractivity contribution is 5.89. The number of benzene rings is 3. The smallest absolute Gasteiger partial charge is 0.335 e. The van der Waals surface area contributed by atoms with Gasteiger partial charge in [-0.2, -0.15) is 0 Å². The Balaban J connectivity index is 1.63.